The van der Waals surface area contributed by atoms with E-state index < -0.39 is 0 Å². The fraction of sp³-hybridized carbons (Fsp3) is 0.909. The summed E-state index contributed by atoms with van der Waals surface area (Å²) < 4.78 is 5.40. The van der Waals surface area contributed by atoms with Crippen LogP contribution in [0.5, 0.6) is 0 Å². The molecule has 2 unspecified atom stereocenters. The average molecular weight is 212 g/mol. The Kier molecular flexibility index (Phi) is 3.59. The van der Waals surface area contributed by atoms with E-state index in [4.69, 9.17) is 4.74 Å². The van der Waals surface area contributed by atoms with Crippen LogP contribution in [0.25, 0.3) is 0 Å². The lowest BCUT2D eigenvalue weighted by atomic mass is 10.1. The van der Waals surface area contributed by atoms with E-state index in [0.29, 0.717) is 12.6 Å². The Labute approximate surface area is 90.8 Å². The first kappa shape index (κ1) is 10.9. The molecule has 1 aliphatic heterocycles. The van der Waals surface area contributed by atoms with Crippen molar-refractivity contribution in [2.24, 2.45) is 5.92 Å². The fourth-order valence-corrected chi connectivity index (χ4v) is 2.12. The van der Waals surface area contributed by atoms with E-state index in [1.807, 2.05) is 6.92 Å². The molecule has 0 aromatic heterocycles. The van der Waals surface area contributed by atoms with Gasteiger partial charge in [-0.3, -0.25) is 4.79 Å². The minimum atomic E-state index is 0.125. The van der Waals surface area contributed by atoms with E-state index >= 15 is 0 Å². The molecule has 2 aliphatic rings. The molecule has 4 nitrogen and oxygen atoms in total. The van der Waals surface area contributed by atoms with Crippen molar-refractivity contribution < 1.29 is 9.53 Å². The topological polar surface area (TPSA) is 50.4 Å². The number of hydrogen-bond acceptors (Lipinski definition) is 3. The normalized spacial score (nSPS) is 31.3. The van der Waals surface area contributed by atoms with Gasteiger partial charge >= 0.3 is 0 Å². The Bertz CT molecular complexity index is 227. The first-order valence-corrected chi connectivity index (χ1v) is 5.94. The number of piperidine rings is 1. The van der Waals surface area contributed by atoms with Crippen LogP contribution in [-0.2, 0) is 9.53 Å². The summed E-state index contributed by atoms with van der Waals surface area (Å²) >= 11 is 0. The summed E-state index contributed by atoms with van der Waals surface area (Å²) in [4.78, 5) is 11.7. The van der Waals surface area contributed by atoms with E-state index in [1.54, 1.807) is 0 Å². The van der Waals surface area contributed by atoms with Crippen molar-refractivity contribution in [3.63, 3.8) is 0 Å². The maximum Gasteiger partial charge on any atom is 0.226 e. The van der Waals surface area contributed by atoms with Crippen LogP contribution in [-0.4, -0.2) is 37.7 Å². The SMILES string of the molecule is CCOC1CC1C(=O)NC1CCNCC1. The first-order chi connectivity index (χ1) is 7.31. The Morgan fingerprint density at radius 3 is 2.87 bits per heavy atom. The summed E-state index contributed by atoms with van der Waals surface area (Å²) in [5.74, 6) is 0.320. The summed E-state index contributed by atoms with van der Waals surface area (Å²) in [7, 11) is 0. The molecule has 86 valence electrons. The predicted molar refractivity (Wildman–Crippen MR) is 57.6 cm³/mol. The summed E-state index contributed by atoms with van der Waals surface area (Å²) in [5, 5.41) is 6.40. The van der Waals surface area contributed by atoms with Crippen LogP contribution < -0.4 is 10.6 Å². The summed E-state index contributed by atoms with van der Waals surface area (Å²) in [6.07, 6.45) is 3.21. The van der Waals surface area contributed by atoms with Gasteiger partial charge in [0, 0.05) is 12.6 Å². The second-order valence-electron chi connectivity index (χ2n) is 4.37. The van der Waals surface area contributed by atoms with Crippen molar-refractivity contribution in [3.05, 3.63) is 0 Å². The molecule has 15 heavy (non-hydrogen) atoms. The van der Waals surface area contributed by atoms with Crippen molar-refractivity contribution in [1.29, 1.82) is 0 Å². The minimum absolute atomic E-state index is 0.125. The number of rotatable bonds is 4. The standard InChI is InChI=1S/C11H20N2O2/c1-2-15-10-7-9(10)11(14)13-8-3-5-12-6-4-8/h8-10,12H,2-7H2,1H3,(H,13,14). The van der Waals surface area contributed by atoms with Crippen molar-refractivity contribution in [2.45, 2.75) is 38.3 Å². The lowest BCUT2D eigenvalue weighted by Crippen LogP contribution is -2.43. The number of carbonyl (C=O) groups is 1. The Morgan fingerprint density at radius 1 is 1.47 bits per heavy atom. The van der Waals surface area contributed by atoms with Gasteiger partial charge in [0.1, 0.15) is 0 Å². The van der Waals surface area contributed by atoms with Crippen molar-refractivity contribution >= 4 is 5.91 Å². The molecule has 2 fully saturated rings. The van der Waals surface area contributed by atoms with Gasteiger partial charge < -0.3 is 15.4 Å². The Morgan fingerprint density at radius 2 is 2.20 bits per heavy atom. The predicted octanol–water partition coefficient (Wildman–Crippen LogP) is 0.280. The lowest BCUT2D eigenvalue weighted by molar-refractivity contribution is -0.124. The van der Waals surface area contributed by atoms with E-state index in [-0.39, 0.29) is 17.9 Å². The smallest absolute Gasteiger partial charge is 0.226 e. The van der Waals surface area contributed by atoms with E-state index in [1.165, 1.54) is 0 Å². The molecular weight excluding hydrogens is 192 g/mol. The molecule has 1 saturated carbocycles. The third-order valence-corrected chi connectivity index (χ3v) is 3.13. The number of carbonyl (C=O) groups excluding carboxylic acids is 1. The summed E-state index contributed by atoms with van der Waals surface area (Å²) in [5.41, 5.74) is 0. The molecule has 1 saturated heterocycles. The maximum absolute atomic E-state index is 11.7. The van der Waals surface area contributed by atoms with Gasteiger partial charge in [0.15, 0.2) is 0 Å². The molecule has 0 spiro atoms. The molecule has 2 rings (SSSR count). The van der Waals surface area contributed by atoms with E-state index in [2.05, 4.69) is 10.6 Å². The molecule has 2 atom stereocenters. The molecule has 0 bridgehead atoms. The first-order valence-electron chi connectivity index (χ1n) is 5.94. The number of hydrogen-bond donors (Lipinski definition) is 2. The Hall–Kier alpha value is -0.610. The van der Waals surface area contributed by atoms with Crippen LogP contribution in [0.3, 0.4) is 0 Å². The lowest BCUT2D eigenvalue weighted by Gasteiger charge is -2.23. The van der Waals surface area contributed by atoms with Gasteiger partial charge in [-0.2, -0.15) is 0 Å². The van der Waals surface area contributed by atoms with Crippen LogP contribution in [0.2, 0.25) is 0 Å². The molecule has 2 N–H and O–H groups in total. The third kappa shape index (κ3) is 2.92. The molecule has 0 aromatic carbocycles. The van der Waals surface area contributed by atoms with E-state index in [9.17, 15) is 4.79 Å². The highest BCUT2D eigenvalue weighted by Gasteiger charge is 2.44. The zero-order valence-electron chi connectivity index (χ0n) is 9.29. The maximum atomic E-state index is 11.7. The molecule has 1 aliphatic carbocycles. The minimum Gasteiger partial charge on any atom is -0.378 e. The molecule has 0 radical (unpaired) electrons. The van der Waals surface area contributed by atoms with Gasteiger partial charge in [-0.15, -0.1) is 0 Å². The highest BCUT2D eigenvalue weighted by atomic mass is 16.5. The van der Waals surface area contributed by atoms with Crippen molar-refractivity contribution in [3.8, 4) is 0 Å². The van der Waals surface area contributed by atoms with Gasteiger partial charge in [0.25, 0.3) is 0 Å². The molecule has 4 heteroatoms. The van der Waals surface area contributed by atoms with Gasteiger partial charge in [-0.05, 0) is 39.3 Å². The number of amides is 1. The second kappa shape index (κ2) is 4.94. The fourth-order valence-electron chi connectivity index (χ4n) is 2.12. The van der Waals surface area contributed by atoms with Gasteiger partial charge in [-0.25, -0.2) is 0 Å². The van der Waals surface area contributed by atoms with Gasteiger partial charge in [0.05, 0.1) is 12.0 Å². The largest absolute Gasteiger partial charge is 0.378 e. The number of nitrogens with one attached hydrogen (secondary N) is 2. The molecular formula is C11H20N2O2. The van der Waals surface area contributed by atoms with Crippen molar-refractivity contribution in [2.75, 3.05) is 19.7 Å². The average Bonchev–Trinajstić information content (AvgIpc) is 2.99. The molecule has 1 amide bonds. The summed E-state index contributed by atoms with van der Waals surface area (Å²) in [6.45, 7) is 4.72. The van der Waals surface area contributed by atoms with Crippen LogP contribution >= 0.6 is 0 Å². The van der Waals surface area contributed by atoms with Crippen LogP contribution in [0, 0.1) is 5.92 Å². The van der Waals surface area contributed by atoms with Crippen molar-refractivity contribution in [1.82, 2.24) is 10.6 Å². The zero-order valence-corrected chi connectivity index (χ0v) is 9.29. The van der Waals surface area contributed by atoms with Crippen LogP contribution in [0.4, 0.5) is 0 Å². The Balaban J connectivity index is 1.68. The van der Waals surface area contributed by atoms with Gasteiger partial charge in [-0.1, -0.05) is 0 Å². The summed E-state index contributed by atoms with van der Waals surface area (Å²) in [6, 6.07) is 0.377. The second-order valence-corrected chi connectivity index (χ2v) is 4.37. The molecule has 1 heterocycles. The monoisotopic (exact) mass is 212 g/mol. The van der Waals surface area contributed by atoms with Crippen LogP contribution in [0.1, 0.15) is 26.2 Å². The van der Waals surface area contributed by atoms with Gasteiger partial charge in [0.2, 0.25) is 5.91 Å². The third-order valence-electron chi connectivity index (χ3n) is 3.13. The quantitative estimate of drug-likeness (QED) is 0.704. The van der Waals surface area contributed by atoms with Crippen LogP contribution in [0.15, 0.2) is 0 Å². The van der Waals surface area contributed by atoms with E-state index in [0.717, 1.165) is 32.4 Å². The number of ether oxygens (including phenoxy) is 1. The zero-order chi connectivity index (χ0) is 10.7. The highest BCUT2D eigenvalue weighted by Crippen LogP contribution is 2.33. The highest BCUT2D eigenvalue weighted by molar-refractivity contribution is 5.82. The molecule has 0 aromatic rings.